The Labute approximate surface area is 98.3 Å². The number of nitrogens with zero attached hydrogens (tertiary/aromatic N) is 1. The van der Waals surface area contributed by atoms with Crippen LogP contribution in [0.3, 0.4) is 0 Å². The topological polar surface area (TPSA) is 12.5 Å². The first-order valence-electron chi connectivity index (χ1n) is 6.16. The maximum atomic E-state index is 5.36. The van der Waals surface area contributed by atoms with Crippen molar-refractivity contribution >= 4 is 0 Å². The molecule has 2 heteroatoms. The lowest BCUT2D eigenvalue weighted by molar-refractivity contribution is 0.0421. The van der Waals surface area contributed by atoms with Gasteiger partial charge in [-0.05, 0) is 19.8 Å². The van der Waals surface area contributed by atoms with Crippen LogP contribution >= 0.6 is 0 Å². The molecule has 1 heterocycles. The van der Waals surface area contributed by atoms with Gasteiger partial charge in [0.15, 0.2) is 0 Å². The molecule has 2 nitrogen and oxygen atoms in total. The summed E-state index contributed by atoms with van der Waals surface area (Å²) in [6.07, 6.45) is 11.3. The first-order valence-corrected chi connectivity index (χ1v) is 6.16. The summed E-state index contributed by atoms with van der Waals surface area (Å²) >= 11 is 0. The van der Waals surface area contributed by atoms with Crippen molar-refractivity contribution in [2.24, 2.45) is 0 Å². The monoisotopic (exact) mass is 219 g/mol. The molecule has 0 N–H and O–H groups in total. The molecule has 0 radical (unpaired) electrons. The second-order valence-electron chi connectivity index (χ2n) is 4.54. The molecule has 0 bridgehead atoms. The van der Waals surface area contributed by atoms with E-state index in [1.54, 1.807) is 5.57 Å². The van der Waals surface area contributed by atoms with E-state index in [-0.39, 0.29) is 0 Å². The molecule has 0 aromatic carbocycles. The molecule has 0 aromatic rings. The summed E-state index contributed by atoms with van der Waals surface area (Å²) in [5.74, 6) is 0. The Morgan fingerprint density at radius 2 is 2.06 bits per heavy atom. The lowest BCUT2D eigenvalue weighted by Crippen LogP contribution is -2.37. The molecule has 1 aliphatic heterocycles. The molecule has 0 unspecified atom stereocenters. The Balaban J connectivity index is 1.89. The lowest BCUT2D eigenvalue weighted by Gasteiger charge is -2.27. The molecule has 2 rings (SSSR count). The van der Waals surface area contributed by atoms with Crippen molar-refractivity contribution in [3.63, 3.8) is 0 Å². The normalized spacial score (nSPS) is 28.6. The van der Waals surface area contributed by atoms with Crippen LogP contribution < -0.4 is 0 Å². The predicted molar refractivity (Wildman–Crippen MR) is 67.5 cm³/mol. The summed E-state index contributed by atoms with van der Waals surface area (Å²) in [6.45, 7) is 7.22. The van der Waals surface area contributed by atoms with Crippen LogP contribution in [0.2, 0.25) is 0 Å². The van der Waals surface area contributed by atoms with Gasteiger partial charge in [0.2, 0.25) is 0 Å². The molecule has 1 saturated heterocycles. The smallest absolute Gasteiger partial charge is 0.0594 e. The number of ether oxygens (including phenoxy) is 1. The number of rotatable bonds is 2. The largest absolute Gasteiger partial charge is 0.379 e. The third kappa shape index (κ3) is 3.62. The zero-order chi connectivity index (χ0) is 11.2. The van der Waals surface area contributed by atoms with Gasteiger partial charge in [-0.2, -0.15) is 0 Å². The Morgan fingerprint density at radius 3 is 2.88 bits per heavy atom. The zero-order valence-electron chi connectivity index (χ0n) is 10.1. The molecule has 88 valence electrons. The predicted octanol–water partition coefficient (Wildman–Crippen LogP) is 2.54. The van der Waals surface area contributed by atoms with Gasteiger partial charge in [0.25, 0.3) is 0 Å². The van der Waals surface area contributed by atoms with Gasteiger partial charge in [0.1, 0.15) is 0 Å². The first kappa shape index (κ1) is 11.6. The number of allylic oxidation sites excluding steroid dienone is 5. The van der Waals surface area contributed by atoms with Gasteiger partial charge in [0.05, 0.1) is 13.2 Å². The quantitative estimate of drug-likeness (QED) is 0.662. The Hall–Kier alpha value is -0.860. The summed E-state index contributed by atoms with van der Waals surface area (Å²) in [6, 6.07) is 0. The average molecular weight is 219 g/mol. The summed E-state index contributed by atoms with van der Waals surface area (Å²) in [5.41, 5.74) is 2.92. The number of morpholine rings is 1. The fraction of sp³-hybridized carbons (Fsp3) is 0.571. The average Bonchev–Trinajstić information content (AvgIpc) is 2.27. The van der Waals surface area contributed by atoms with Crippen LogP contribution in [-0.2, 0) is 4.74 Å². The van der Waals surface area contributed by atoms with Crippen LogP contribution in [0.1, 0.15) is 19.8 Å². The van der Waals surface area contributed by atoms with Crippen LogP contribution in [0.15, 0.2) is 35.5 Å². The van der Waals surface area contributed by atoms with E-state index in [1.807, 2.05) is 0 Å². The summed E-state index contributed by atoms with van der Waals surface area (Å²) < 4.78 is 5.36. The van der Waals surface area contributed by atoms with E-state index in [4.69, 9.17) is 4.74 Å². The van der Waals surface area contributed by atoms with Crippen molar-refractivity contribution < 1.29 is 4.74 Å². The zero-order valence-corrected chi connectivity index (χ0v) is 10.1. The van der Waals surface area contributed by atoms with E-state index in [9.17, 15) is 0 Å². The molecule has 0 saturated carbocycles. The molecular weight excluding hydrogens is 198 g/mol. The van der Waals surface area contributed by atoms with E-state index >= 15 is 0 Å². The molecule has 0 spiro atoms. The van der Waals surface area contributed by atoms with E-state index in [0.717, 1.165) is 45.7 Å². The maximum Gasteiger partial charge on any atom is 0.0594 e. The van der Waals surface area contributed by atoms with Gasteiger partial charge >= 0.3 is 0 Å². The van der Waals surface area contributed by atoms with Gasteiger partial charge in [-0.3, -0.25) is 4.90 Å². The van der Waals surface area contributed by atoms with Gasteiger partial charge in [-0.1, -0.05) is 35.5 Å². The number of hydrogen-bond donors (Lipinski definition) is 0. The highest BCUT2D eigenvalue weighted by Crippen LogP contribution is 2.13. The third-order valence-electron chi connectivity index (χ3n) is 3.14. The Bertz CT molecular complexity index is 309. The van der Waals surface area contributed by atoms with Crippen LogP contribution in [0.5, 0.6) is 0 Å². The van der Waals surface area contributed by atoms with Crippen molar-refractivity contribution in [2.75, 3.05) is 32.8 Å². The summed E-state index contributed by atoms with van der Waals surface area (Å²) in [7, 11) is 0. The molecule has 1 aliphatic carbocycles. The fourth-order valence-corrected chi connectivity index (χ4v) is 2.13. The van der Waals surface area contributed by atoms with Crippen LogP contribution in [-0.4, -0.2) is 37.7 Å². The highest BCUT2D eigenvalue weighted by Gasteiger charge is 2.11. The molecule has 1 fully saturated rings. The van der Waals surface area contributed by atoms with Crippen LogP contribution in [0, 0.1) is 0 Å². The molecule has 0 atom stereocenters. The fourth-order valence-electron chi connectivity index (χ4n) is 2.13. The molecular formula is C14H21NO. The lowest BCUT2D eigenvalue weighted by atomic mass is 10.1. The number of hydrogen-bond acceptors (Lipinski definition) is 2. The van der Waals surface area contributed by atoms with Crippen molar-refractivity contribution in [3.05, 3.63) is 35.5 Å². The van der Waals surface area contributed by atoms with Gasteiger partial charge in [-0.25, -0.2) is 0 Å². The highest BCUT2D eigenvalue weighted by atomic mass is 16.5. The Morgan fingerprint density at radius 1 is 1.25 bits per heavy atom. The van der Waals surface area contributed by atoms with Crippen molar-refractivity contribution in [3.8, 4) is 0 Å². The molecule has 16 heavy (non-hydrogen) atoms. The molecule has 2 aliphatic rings. The van der Waals surface area contributed by atoms with Crippen LogP contribution in [0.25, 0.3) is 0 Å². The summed E-state index contributed by atoms with van der Waals surface area (Å²) in [5, 5.41) is 0. The Kier molecular flexibility index (Phi) is 4.37. The van der Waals surface area contributed by atoms with Crippen LogP contribution in [0.4, 0.5) is 0 Å². The second-order valence-corrected chi connectivity index (χ2v) is 4.54. The standard InChI is InChI=1S/C14H21NO/c1-13-4-2-6-14(7-3-5-13)12-15-8-10-16-11-9-15/h2,4-5,7H,3,6,8-12H2,1H3/b4-2-,13-5?,14-7+. The minimum absolute atomic E-state index is 0.891. The second kappa shape index (κ2) is 6.02. The van der Waals surface area contributed by atoms with Crippen molar-refractivity contribution in [1.29, 1.82) is 0 Å². The van der Waals surface area contributed by atoms with Crippen molar-refractivity contribution in [1.82, 2.24) is 4.90 Å². The van der Waals surface area contributed by atoms with E-state index in [0.29, 0.717) is 0 Å². The maximum absolute atomic E-state index is 5.36. The third-order valence-corrected chi connectivity index (χ3v) is 3.14. The van der Waals surface area contributed by atoms with Gasteiger partial charge in [-0.15, -0.1) is 0 Å². The molecule has 0 amide bonds. The van der Waals surface area contributed by atoms with E-state index < -0.39 is 0 Å². The van der Waals surface area contributed by atoms with Gasteiger partial charge in [0, 0.05) is 19.6 Å². The first-order chi connectivity index (χ1) is 7.84. The van der Waals surface area contributed by atoms with Gasteiger partial charge < -0.3 is 4.74 Å². The minimum atomic E-state index is 0.891. The van der Waals surface area contributed by atoms with E-state index in [1.165, 1.54) is 5.57 Å². The SMILES string of the molecule is CC1=CC/C=C(/CN2CCOCC2)C/C=C\1. The molecule has 0 aromatic heterocycles. The minimum Gasteiger partial charge on any atom is -0.379 e. The van der Waals surface area contributed by atoms with E-state index in [2.05, 4.69) is 36.1 Å². The summed E-state index contributed by atoms with van der Waals surface area (Å²) in [4.78, 5) is 2.49. The van der Waals surface area contributed by atoms with Crippen molar-refractivity contribution in [2.45, 2.75) is 19.8 Å². The highest BCUT2D eigenvalue weighted by molar-refractivity contribution is 5.23.